The van der Waals surface area contributed by atoms with Crippen molar-refractivity contribution in [2.24, 2.45) is 0 Å². The van der Waals surface area contributed by atoms with Crippen molar-refractivity contribution in [1.82, 2.24) is 15.0 Å². The quantitative estimate of drug-likeness (QED) is 0.477. The summed E-state index contributed by atoms with van der Waals surface area (Å²) in [5, 5.41) is 13.2. The molecule has 2 heterocycles. The van der Waals surface area contributed by atoms with Gasteiger partial charge in [-0.1, -0.05) is 35.9 Å². The lowest BCUT2D eigenvalue weighted by Crippen LogP contribution is -2.47. The Kier molecular flexibility index (Phi) is 6.54. The number of rotatable bonds is 7. The summed E-state index contributed by atoms with van der Waals surface area (Å²) in [6.45, 7) is 3.56. The summed E-state index contributed by atoms with van der Waals surface area (Å²) in [5.74, 6) is 1.83. The van der Waals surface area contributed by atoms with Crippen LogP contribution in [0.4, 0.5) is 23.5 Å². The van der Waals surface area contributed by atoms with Crippen LogP contribution in [0.2, 0.25) is 5.02 Å². The second-order valence-electron chi connectivity index (χ2n) is 7.02. The lowest BCUT2D eigenvalue weighted by atomic mass is 10.2. The van der Waals surface area contributed by atoms with E-state index in [0.717, 1.165) is 43.2 Å². The second-order valence-corrected chi connectivity index (χ2v) is 7.46. The zero-order chi connectivity index (χ0) is 21.6. The molecule has 1 aliphatic heterocycles. The molecule has 4 rings (SSSR count). The first-order valence-electron chi connectivity index (χ1n) is 9.93. The van der Waals surface area contributed by atoms with E-state index in [1.807, 2.05) is 47.9 Å². The molecular formula is C21H24ClN7O2. The van der Waals surface area contributed by atoms with E-state index >= 15 is 0 Å². The second kappa shape index (κ2) is 9.67. The summed E-state index contributed by atoms with van der Waals surface area (Å²) in [7, 11) is 1.68. The van der Waals surface area contributed by atoms with Crippen LogP contribution in [-0.4, -0.2) is 53.4 Å². The summed E-state index contributed by atoms with van der Waals surface area (Å²) < 4.78 is 5.49. The maximum absolute atomic E-state index is 9.36. The predicted octanol–water partition coefficient (Wildman–Crippen LogP) is 3.27. The lowest BCUT2D eigenvalue weighted by molar-refractivity contribution is 0.382. The molecule has 162 valence electrons. The van der Waals surface area contributed by atoms with E-state index in [4.69, 9.17) is 16.3 Å². The third-order valence-electron chi connectivity index (χ3n) is 5.08. The first-order valence-corrected chi connectivity index (χ1v) is 10.3. The fraction of sp³-hybridized carbons (Fsp3) is 0.286. The largest absolute Gasteiger partial charge is 0.495 e. The SMILES string of the molecule is COc1ccccc1N1CCN(c2nc(NO)nc(NCc3ccc(Cl)cc3)n2)CC1. The van der Waals surface area contributed by atoms with Crippen molar-refractivity contribution < 1.29 is 9.94 Å². The van der Waals surface area contributed by atoms with Crippen molar-refractivity contribution in [3.05, 3.63) is 59.1 Å². The minimum Gasteiger partial charge on any atom is -0.495 e. The van der Waals surface area contributed by atoms with Gasteiger partial charge in [-0.15, -0.1) is 0 Å². The number of piperazine rings is 1. The van der Waals surface area contributed by atoms with E-state index in [0.29, 0.717) is 23.5 Å². The Bertz CT molecular complexity index is 1010. The highest BCUT2D eigenvalue weighted by atomic mass is 35.5. The first kappa shape index (κ1) is 21.0. The Morgan fingerprint density at radius 3 is 2.32 bits per heavy atom. The lowest BCUT2D eigenvalue weighted by Gasteiger charge is -2.36. The van der Waals surface area contributed by atoms with Gasteiger partial charge in [0.1, 0.15) is 5.75 Å². The molecule has 0 amide bonds. The minimum absolute atomic E-state index is 0.0933. The Hall–Kier alpha value is -3.30. The molecular weight excluding hydrogens is 418 g/mol. The van der Waals surface area contributed by atoms with Gasteiger partial charge in [-0.2, -0.15) is 15.0 Å². The zero-order valence-corrected chi connectivity index (χ0v) is 17.9. The third-order valence-corrected chi connectivity index (χ3v) is 5.33. The molecule has 1 saturated heterocycles. The van der Waals surface area contributed by atoms with Crippen molar-refractivity contribution >= 4 is 35.1 Å². The summed E-state index contributed by atoms with van der Waals surface area (Å²) in [4.78, 5) is 17.4. The number of aromatic nitrogens is 3. The van der Waals surface area contributed by atoms with Crippen molar-refractivity contribution in [3.63, 3.8) is 0 Å². The number of anilines is 4. The summed E-state index contributed by atoms with van der Waals surface area (Å²) >= 11 is 5.94. The molecule has 0 unspecified atom stereocenters. The molecule has 0 atom stereocenters. The van der Waals surface area contributed by atoms with Crippen LogP contribution < -0.4 is 25.3 Å². The number of hydrogen-bond acceptors (Lipinski definition) is 9. The van der Waals surface area contributed by atoms with Crippen LogP contribution in [0.1, 0.15) is 5.56 Å². The fourth-order valence-electron chi connectivity index (χ4n) is 3.46. The van der Waals surface area contributed by atoms with E-state index < -0.39 is 0 Å². The molecule has 0 aliphatic carbocycles. The fourth-order valence-corrected chi connectivity index (χ4v) is 3.58. The number of nitrogens with one attached hydrogen (secondary N) is 2. The van der Waals surface area contributed by atoms with Crippen LogP contribution in [0.3, 0.4) is 0 Å². The molecule has 3 N–H and O–H groups in total. The number of hydrogen-bond donors (Lipinski definition) is 3. The van der Waals surface area contributed by atoms with Gasteiger partial charge in [0.2, 0.25) is 11.9 Å². The smallest absolute Gasteiger partial charge is 0.253 e. The van der Waals surface area contributed by atoms with Gasteiger partial charge in [0, 0.05) is 37.7 Å². The van der Waals surface area contributed by atoms with Crippen LogP contribution in [0.5, 0.6) is 5.75 Å². The normalized spacial score (nSPS) is 13.8. The standard InChI is InChI=1S/C21H24ClN7O2/c1-31-18-5-3-2-4-17(18)28-10-12-29(13-11-28)21-25-19(24-20(26-21)27-30)23-14-15-6-8-16(22)9-7-15/h2-9,30H,10-14H2,1H3,(H2,23,24,25,26,27). The van der Waals surface area contributed by atoms with Crippen LogP contribution in [0.15, 0.2) is 48.5 Å². The van der Waals surface area contributed by atoms with Gasteiger partial charge in [0.05, 0.1) is 12.8 Å². The molecule has 10 heteroatoms. The molecule has 1 aliphatic rings. The van der Waals surface area contributed by atoms with Crippen LogP contribution >= 0.6 is 11.6 Å². The Balaban J connectivity index is 1.44. The Labute approximate surface area is 185 Å². The molecule has 31 heavy (non-hydrogen) atoms. The molecule has 0 bridgehead atoms. The maximum atomic E-state index is 9.36. The van der Waals surface area contributed by atoms with E-state index in [9.17, 15) is 5.21 Å². The first-order chi connectivity index (χ1) is 15.2. The van der Waals surface area contributed by atoms with Gasteiger partial charge in [0.15, 0.2) is 0 Å². The van der Waals surface area contributed by atoms with Gasteiger partial charge in [-0.05, 0) is 29.8 Å². The number of methoxy groups -OCH3 is 1. The van der Waals surface area contributed by atoms with Crippen molar-refractivity contribution in [2.45, 2.75) is 6.54 Å². The number of halogens is 1. The van der Waals surface area contributed by atoms with Crippen molar-refractivity contribution in [2.75, 3.05) is 53.9 Å². The van der Waals surface area contributed by atoms with Gasteiger partial charge < -0.3 is 19.9 Å². The van der Waals surface area contributed by atoms with Gasteiger partial charge in [-0.25, -0.2) is 5.48 Å². The van der Waals surface area contributed by atoms with Gasteiger partial charge in [-0.3, -0.25) is 5.21 Å². The van der Waals surface area contributed by atoms with Crippen LogP contribution in [0, 0.1) is 0 Å². The molecule has 9 nitrogen and oxygen atoms in total. The zero-order valence-electron chi connectivity index (χ0n) is 17.1. The monoisotopic (exact) mass is 441 g/mol. The summed E-state index contributed by atoms with van der Waals surface area (Å²) in [5.41, 5.74) is 4.14. The molecule has 0 radical (unpaired) electrons. The van der Waals surface area contributed by atoms with E-state index in [1.54, 1.807) is 7.11 Å². The summed E-state index contributed by atoms with van der Waals surface area (Å²) in [6.07, 6.45) is 0. The molecule has 1 aromatic heterocycles. The van der Waals surface area contributed by atoms with E-state index in [1.165, 1.54) is 0 Å². The van der Waals surface area contributed by atoms with Gasteiger partial charge >= 0.3 is 0 Å². The molecule has 1 fully saturated rings. The molecule has 3 aromatic rings. The molecule has 2 aromatic carbocycles. The highest BCUT2D eigenvalue weighted by Crippen LogP contribution is 2.29. The maximum Gasteiger partial charge on any atom is 0.253 e. The molecule has 0 saturated carbocycles. The Morgan fingerprint density at radius 2 is 1.61 bits per heavy atom. The van der Waals surface area contributed by atoms with E-state index in [-0.39, 0.29) is 5.95 Å². The minimum atomic E-state index is 0.0933. The Morgan fingerprint density at radius 1 is 0.935 bits per heavy atom. The van der Waals surface area contributed by atoms with Crippen molar-refractivity contribution in [3.8, 4) is 5.75 Å². The average molecular weight is 442 g/mol. The summed E-state index contributed by atoms with van der Waals surface area (Å²) in [6, 6.07) is 15.5. The number of ether oxygens (including phenoxy) is 1. The number of nitrogens with zero attached hydrogens (tertiary/aromatic N) is 5. The highest BCUT2D eigenvalue weighted by Gasteiger charge is 2.22. The van der Waals surface area contributed by atoms with Crippen molar-refractivity contribution in [1.29, 1.82) is 0 Å². The number of benzene rings is 2. The topological polar surface area (TPSA) is 98.7 Å². The molecule has 0 spiro atoms. The number of para-hydroxylation sites is 2. The predicted molar refractivity (Wildman–Crippen MR) is 121 cm³/mol. The van der Waals surface area contributed by atoms with Crippen LogP contribution in [0.25, 0.3) is 0 Å². The third kappa shape index (κ3) is 5.07. The average Bonchev–Trinajstić information content (AvgIpc) is 2.83. The van der Waals surface area contributed by atoms with Gasteiger partial charge in [0.25, 0.3) is 5.95 Å². The highest BCUT2D eigenvalue weighted by molar-refractivity contribution is 6.30. The van der Waals surface area contributed by atoms with Crippen LogP contribution in [-0.2, 0) is 6.54 Å². The van der Waals surface area contributed by atoms with E-state index in [2.05, 4.69) is 36.1 Å².